The van der Waals surface area contributed by atoms with Crippen LogP contribution in [0.1, 0.15) is 15.9 Å². The zero-order valence-corrected chi connectivity index (χ0v) is 12.5. The molecule has 0 spiro atoms. The van der Waals surface area contributed by atoms with Gasteiger partial charge in [0.2, 0.25) is 0 Å². The van der Waals surface area contributed by atoms with Crippen molar-refractivity contribution < 1.29 is 18.7 Å². The largest absolute Gasteiger partial charge is 0.465 e. The van der Waals surface area contributed by atoms with Gasteiger partial charge < -0.3 is 9.47 Å². The summed E-state index contributed by atoms with van der Waals surface area (Å²) in [5.41, 5.74) is 1.07. The number of esters is 1. The third-order valence-corrected chi connectivity index (χ3v) is 3.35. The molecular weight excluding hydrogens is 327 g/mol. The van der Waals surface area contributed by atoms with Crippen LogP contribution in [0.2, 0.25) is 0 Å². The monoisotopic (exact) mass is 338 g/mol. The fourth-order valence-electron chi connectivity index (χ4n) is 1.68. The number of hydrogen-bond acceptors (Lipinski definition) is 3. The fourth-order valence-corrected chi connectivity index (χ4v) is 2.14. The van der Waals surface area contributed by atoms with E-state index < -0.39 is 11.8 Å². The van der Waals surface area contributed by atoms with E-state index in [9.17, 15) is 9.18 Å². The van der Waals surface area contributed by atoms with E-state index in [-0.39, 0.29) is 5.75 Å². The molecule has 0 saturated carbocycles. The molecule has 104 valence electrons. The second-order valence-electron chi connectivity index (χ2n) is 4.12. The van der Waals surface area contributed by atoms with Crippen LogP contribution < -0.4 is 4.74 Å². The van der Waals surface area contributed by atoms with E-state index in [1.807, 2.05) is 0 Å². The number of hydrogen-bond donors (Lipinski definition) is 0. The lowest BCUT2D eigenvalue weighted by Gasteiger charge is -2.11. The third-order valence-electron chi connectivity index (χ3n) is 2.73. The summed E-state index contributed by atoms with van der Waals surface area (Å²) in [6, 6.07) is 9.42. The molecule has 2 rings (SSSR count). The second kappa shape index (κ2) is 6.05. The van der Waals surface area contributed by atoms with Crippen molar-refractivity contribution >= 4 is 21.9 Å². The van der Waals surface area contributed by atoms with Gasteiger partial charge in [0.1, 0.15) is 5.75 Å². The molecule has 0 N–H and O–H groups in total. The molecule has 0 unspecified atom stereocenters. The van der Waals surface area contributed by atoms with Gasteiger partial charge in [-0.15, -0.1) is 0 Å². The summed E-state index contributed by atoms with van der Waals surface area (Å²) in [5.74, 6) is -0.293. The molecule has 0 bridgehead atoms. The third kappa shape index (κ3) is 2.99. The zero-order valence-electron chi connectivity index (χ0n) is 10.9. The molecule has 20 heavy (non-hydrogen) atoms. The molecule has 0 aromatic heterocycles. The summed E-state index contributed by atoms with van der Waals surface area (Å²) >= 11 is 3.30. The number of para-hydroxylation sites is 1. The smallest absolute Gasteiger partial charge is 0.337 e. The van der Waals surface area contributed by atoms with E-state index in [0.29, 0.717) is 21.3 Å². The molecule has 0 saturated heterocycles. The predicted molar refractivity (Wildman–Crippen MR) is 76.7 cm³/mol. The van der Waals surface area contributed by atoms with Gasteiger partial charge in [0.15, 0.2) is 11.6 Å². The van der Waals surface area contributed by atoms with Gasteiger partial charge in [-0.1, -0.05) is 12.1 Å². The molecule has 0 amide bonds. The van der Waals surface area contributed by atoms with Crippen molar-refractivity contribution in [3.05, 3.63) is 57.8 Å². The van der Waals surface area contributed by atoms with Gasteiger partial charge in [-0.2, -0.15) is 0 Å². The van der Waals surface area contributed by atoms with Crippen LogP contribution >= 0.6 is 15.9 Å². The van der Waals surface area contributed by atoms with Crippen molar-refractivity contribution in [2.24, 2.45) is 0 Å². The summed E-state index contributed by atoms with van der Waals surface area (Å²) in [6.07, 6.45) is 0. The highest BCUT2D eigenvalue weighted by molar-refractivity contribution is 9.10. The van der Waals surface area contributed by atoms with Crippen LogP contribution in [0.3, 0.4) is 0 Å². The van der Waals surface area contributed by atoms with E-state index in [4.69, 9.17) is 4.74 Å². The summed E-state index contributed by atoms with van der Waals surface area (Å²) < 4.78 is 24.5. The van der Waals surface area contributed by atoms with E-state index in [0.717, 1.165) is 0 Å². The van der Waals surface area contributed by atoms with Crippen molar-refractivity contribution in [1.29, 1.82) is 0 Å². The van der Waals surface area contributed by atoms with E-state index >= 15 is 0 Å². The lowest BCUT2D eigenvalue weighted by atomic mass is 10.2. The highest BCUT2D eigenvalue weighted by atomic mass is 79.9. The Morgan fingerprint density at radius 1 is 1.25 bits per heavy atom. The Kier molecular flexibility index (Phi) is 4.39. The van der Waals surface area contributed by atoms with Crippen LogP contribution in [0.5, 0.6) is 11.5 Å². The minimum absolute atomic E-state index is 0.166. The molecule has 5 heteroatoms. The summed E-state index contributed by atoms with van der Waals surface area (Å²) in [5, 5.41) is 0. The molecule has 0 heterocycles. The van der Waals surface area contributed by atoms with Crippen molar-refractivity contribution in [1.82, 2.24) is 0 Å². The number of aryl methyl sites for hydroxylation is 1. The molecule has 2 aromatic carbocycles. The topological polar surface area (TPSA) is 35.5 Å². The van der Waals surface area contributed by atoms with Gasteiger partial charge in [0.05, 0.1) is 17.1 Å². The van der Waals surface area contributed by atoms with Gasteiger partial charge >= 0.3 is 5.97 Å². The maximum Gasteiger partial charge on any atom is 0.337 e. The Morgan fingerprint density at radius 2 is 2.00 bits per heavy atom. The second-order valence-corrected chi connectivity index (χ2v) is 4.98. The van der Waals surface area contributed by atoms with Gasteiger partial charge in [0, 0.05) is 0 Å². The molecule has 3 nitrogen and oxygen atoms in total. The number of ether oxygens (including phenoxy) is 2. The number of benzene rings is 2. The number of halogens is 2. The molecule has 0 aliphatic heterocycles. The Labute approximate surface area is 124 Å². The zero-order chi connectivity index (χ0) is 14.7. The molecule has 0 aliphatic rings. The van der Waals surface area contributed by atoms with Gasteiger partial charge in [-0.25, -0.2) is 9.18 Å². The van der Waals surface area contributed by atoms with Crippen LogP contribution in [-0.2, 0) is 4.74 Å². The summed E-state index contributed by atoms with van der Waals surface area (Å²) in [7, 11) is 1.31. The van der Waals surface area contributed by atoms with E-state index in [1.165, 1.54) is 13.2 Å². The molecule has 0 radical (unpaired) electrons. The maximum absolute atomic E-state index is 13.7. The Hall–Kier alpha value is -1.88. The molecule has 0 aliphatic carbocycles. The van der Waals surface area contributed by atoms with E-state index in [2.05, 4.69) is 20.7 Å². The van der Waals surface area contributed by atoms with Crippen LogP contribution in [0, 0.1) is 12.7 Å². The first-order chi connectivity index (χ1) is 9.52. The predicted octanol–water partition coefficient (Wildman–Crippen LogP) is 4.48. The first-order valence-corrected chi connectivity index (χ1v) is 6.63. The lowest BCUT2D eigenvalue weighted by molar-refractivity contribution is 0.0600. The van der Waals surface area contributed by atoms with Crippen LogP contribution in [0.25, 0.3) is 0 Å². The number of rotatable bonds is 3. The van der Waals surface area contributed by atoms with E-state index in [1.54, 1.807) is 37.3 Å². The maximum atomic E-state index is 13.7. The van der Waals surface area contributed by atoms with Gasteiger partial charge in [-0.3, -0.25) is 0 Å². The average Bonchev–Trinajstić information content (AvgIpc) is 2.43. The van der Waals surface area contributed by atoms with Gasteiger partial charge in [0.25, 0.3) is 0 Å². The van der Waals surface area contributed by atoms with Gasteiger partial charge in [-0.05, 0) is 52.7 Å². The minimum Gasteiger partial charge on any atom is -0.465 e. The van der Waals surface area contributed by atoms with Crippen molar-refractivity contribution in [2.75, 3.05) is 7.11 Å². The van der Waals surface area contributed by atoms with Crippen LogP contribution in [-0.4, -0.2) is 13.1 Å². The quantitative estimate of drug-likeness (QED) is 0.774. The molecule has 2 aromatic rings. The Morgan fingerprint density at radius 3 is 2.60 bits per heavy atom. The SMILES string of the molecule is COC(=O)c1ccc(Oc2c(C)cccc2F)c(Br)c1. The average molecular weight is 339 g/mol. The number of carbonyl (C=O) groups excluding carboxylic acids is 1. The first-order valence-electron chi connectivity index (χ1n) is 5.83. The minimum atomic E-state index is -0.445. The summed E-state index contributed by atoms with van der Waals surface area (Å²) in [6.45, 7) is 1.76. The molecule has 0 fully saturated rings. The number of carbonyl (C=O) groups is 1. The number of methoxy groups -OCH3 is 1. The lowest BCUT2D eigenvalue weighted by Crippen LogP contribution is -2.01. The summed E-state index contributed by atoms with van der Waals surface area (Å²) in [4.78, 5) is 11.4. The highest BCUT2D eigenvalue weighted by Crippen LogP contribution is 2.33. The van der Waals surface area contributed by atoms with Crippen LogP contribution in [0.4, 0.5) is 4.39 Å². The fraction of sp³-hybridized carbons (Fsp3) is 0.133. The highest BCUT2D eigenvalue weighted by Gasteiger charge is 2.13. The van der Waals surface area contributed by atoms with Crippen LogP contribution in [0.15, 0.2) is 40.9 Å². The van der Waals surface area contributed by atoms with Crippen molar-refractivity contribution in [3.63, 3.8) is 0 Å². The van der Waals surface area contributed by atoms with Crippen molar-refractivity contribution in [3.8, 4) is 11.5 Å². The first kappa shape index (κ1) is 14.5. The Bertz CT molecular complexity index is 635. The standard InChI is InChI=1S/C15H12BrFO3/c1-9-4-3-5-12(17)14(9)20-13-7-6-10(8-11(13)16)15(18)19-2/h3-8H,1-2H3. The molecular formula is C15H12BrFO3. The Balaban J connectivity index is 2.33. The normalized spacial score (nSPS) is 10.2. The molecule has 0 atom stereocenters. The van der Waals surface area contributed by atoms with Crippen molar-refractivity contribution in [2.45, 2.75) is 6.92 Å².